The van der Waals surface area contributed by atoms with Crippen LogP contribution < -0.4 is 17.7 Å². The van der Waals surface area contributed by atoms with Crippen molar-refractivity contribution in [2.45, 2.75) is 105 Å². The van der Waals surface area contributed by atoms with Crippen molar-refractivity contribution in [1.82, 2.24) is 0 Å². The number of rotatable bonds is 4. The maximum Gasteiger partial charge on any atom is 0.966 e. The third-order valence-electron chi connectivity index (χ3n) is 14.3. The summed E-state index contributed by atoms with van der Waals surface area (Å²) in [5.74, 6) is -15.5. The lowest BCUT2D eigenvalue weighted by Crippen LogP contribution is -2.60. The smallest absolute Gasteiger partial charge is 0.451 e. The van der Waals surface area contributed by atoms with E-state index in [1.54, 1.807) is 83.1 Å². The predicted octanol–water partition coefficient (Wildman–Crippen LogP) is 19.2. The Morgan fingerprint density at radius 1 is 0.247 bits per heavy atom. The highest BCUT2D eigenvalue weighted by atomic mass is 28.4. The van der Waals surface area contributed by atoms with Crippen molar-refractivity contribution in [2.75, 3.05) is 0 Å². The van der Waals surface area contributed by atoms with E-state index >= 15 is 35.1 Å². The molecule has 8 aromatic rings. The van der Waals surface area contributed by atoms with Gasteiger partial charge in [-0.05, 0) is 115 Å². The van der Waals surface area contributed by atoms with Crippen molar-refractivity contribution in [2.24, 2.45) is 0 Å². The lowest BCUT2D eigenvalue weighted by molar-refractivity contribution is 0.161. The molecule has 0 radical (unpaired) electrons. The normalized spacial score (nSPS) is 13.9. The second-order valence-corrected chi connectivity index (χ2v) is 26.3. The van der Waals surface area contributed by atoms with Crippen LogP contribution in [0, 0.1) is 69.8 Å². The number of benzene rings is 8. The van der Waals surface area contributed by atoms with Gasteiger partial charge >= 0.3 is 9.05 Å². The van der Waals surface area contributed by atoms with Gasteiger partial charge in [-0.25, -0.2) is 52.7 Å². The molecule has 420 valence electrons. The van der Waals surface area contributed by atoms with E-state index in [1.165, 1.54) is 48.5 Å². The van der Waals surface area contributed by atoms with E-state index in [1.807, 2.05) is 0 Å². The molecular weight excluding hydrogens is 1090 g/mol. The lowest BCUT2D eigenvalue weighted by atomic mass is 9.79. The second kappa shape index (κ2) is 19.2. The third-order valence-corrected chi connectivity index (χ3v) is 16.1. The Balaban J connectivity index is 1.40. The summed E-state index contributed by atoms with van der Waals surface area (Å²) < 4.78 is 217. The summed E-state index contributed by atoms with van der Waals surface area (Å²) >= 11 is 0. The van der Waals surface area contributed by atoms with Crippen LogP contribution in [0.25, 0.3) is 66.8 Å². The first-order valence-electron chi connectivity index (χ1n) is 25.6. The quantitative estimate of drug-likeness (QED) is 0.130. The van der Waals surface area contributed by atoms with Crippen LogP contribution >= 0.6 is 0 Å². The van der Waals surface area contributed by atoms with E-state index < -0.39 is 123 Å². The molecule has 10 rings (SSSR count). The number of halogens is 12. The van der Waals surface area contributed by atoms with E-state index in [0.717, 1.165) is 0 Å². The van der Waals surface area contributed by atoms with Gasteiger partial charge in [0, 0.05) is 70.8 Å². The summed E-state index contributed by atoms with van der Waals surface area (Å²) in [7, 11) is -5.41. The Kier molecular flexibility index (Phi) is 13.4. The van der Waals surface area contributed by atoms with Crippen molar-refractivity contribution < 1.29 is 70.4 Å². The van der Waals surface area contributed by atoms with Gasteiger partial charge in [0.2, 0.25) is 0 Å². The van der Waals surface area contributed by atoms with Crippen LogP contribution in [0.15, 0.2) is 97.1 Å². The summed E-state index contributed by atoms with van der Waals surface area (Å²) in [5.41, 5.74) is -6.85. The maximum absolute atomic E-state index is 16.1. The van der Waals surface area contributed by atoms with Gasteiger partial charge in [0.1, 0.15) is 92.8 Å². The van der Waals surface area contributed by atoms with Gasteiger partial charge in [0.05, 0.1) is 22.3 Å². The Hall–Kier alpha value is -7.66. The van der Waals surface area contributed by atoms with Crippen LogP contribution in [0.3, 0.4) is 0 Å². The highest BCUT2D eigenvalue weighted by Crippen LogP contribution is 2.58. The number of hydrogen-bond donors (Lipinski definition) is 0. The van der Waals surface area contributed by atoms with Gasteiger partial charge in [-0.2, -0.15) is 0 Å². The molecule has 2 aliphatic heterocycles. The first-order chi connectivity index (χ1) is 37.5. The number of hydrogen-bond acceptors (Lipinski definition) is 4. The monoisotopic (exact) mass is 1140 g/mol. The zero-order valence-electron chi connectivity index (χ0n) is 45.9. The molecule has 0 atom stereocenters. The number of fused-ring (bicyclic) bond motifs is 6. The first-order valence-corrected chi connectivity index (χ1v) is 27.3. The molecule has 0 aromatic heterocycles. The minimum Gasteiger partial charge on any atom is -0.451 e. The van der Waals surface area contributed by atoms with E-state index in [4.69, 9.17) is 17.7 Å². The predicted molar refractivity (Wildman–Crippen MR) is 288 cm³/mol. The molecule has 0 saturated carbocycles. The molecule has 0 bridgehead atoms. The van der Waals surface area contributed by atoms with Crippen LogP contribution in [0.4, 0.5) is 52.7 Å². The molecule has 4 nitrogen and oxygen atoms in total. The van der Waals surface area contributed by atoms with Crippen LogP contribution in [0.1, 0.15) is 105 Å². The van der Waals surface area contributed by atoms with Crippen LogP contribution in [0.5, 0.6) is 23.0 Å². The fourth-order valence-corrected chi connectivity index (χ4v) is 12.6. The summed E-state index contributed by atoms with van der Waals surface area (Å²) in [4.78, 5) is 0. The molecule has 1 spiro atoms. The standard InChI is InChI=1S/C64H52F12O4Si/c1-61(2,3)41-17-29(53-45(69)21-33(65)22-46(53)70)13-37-38-14-30(54-47(71)23-34(66)24-48(54)72)18-42(62(4,5)6)58(38)78-81(77-57(37)41)79-59-39(15-31(19-43(59)63(7,8)9)55-49(73)25-35(67)26-50(55)74)40-16-32(20-44(60(40)80-81)64(10,11)12)56-51(75)27-36(68)28-52(56)76/h13-28H,1-12H3. The Bertz CT molecular complexity index is 3370. The molecule has 0 amide bonds. The van der Waals surface area contributed by atoms with E-state index in [2.05, 4.69) is 0 Å². The van der Waals surface area contributed by atoms with Gasteiger partial charge in [-0.1, -0.05) is 83.1 Å². The molecule has 0 N–H and O–H groups in total. The summed E-state index contributed by atoms with van der Waals surface area (Å²) in [6.07, 6.45) is 0. The van der Waals surface area contributed by atoms with Crippen LogP contribution in [0.2, 0.25) is 0 Å². The average molecular weight is 1140 g/mol. The highest BCUT2D eigenvalue weighted by molar-refractivity contribution is 6.58. The van der Waals surface area contributed by atoms with Crippen LogP contribution in [-0.2, 0) is 21.7 Å². The Morgan fingerprint density at radius 3 is 0.556 bits per heavy atom. The van der Waals surface area contributed by atoms with Crippen molar-refractivity contribution in [1.29, 1.82) is 0 Å². The van der Waals surface area contributed by atoms with Gasteiger partial charge in [-0.3, -0.25) is 0 Å². The zero-order valence-corrected chi connectivity index (χ0v) is 46.9. The summed E-state index contributed by atoms with van der Waals surface area (Å²) in [5, 5.41) is 0. The van der Waals surface area contributed by atoms with E-state index in [0.29, 0.717) is 48.5 Å². The first kappa shape index (κ1) is 56.6. The fourth-order valence-electron chi connectivity index (χ4n) is 10.5. The summed E-state index contributed by atoms with van der Waals surface area (Å²) in [6.45, 7) is 20.9. The molecule has 0 aliphatic carbocycles. The SMILES string of the molecule is CC(C)(C)c1cc(-c2c(F)cc(F)cc2F)cc2c1O[Si]1(Oc3c-2cc(-c2c(F)cc(F)cc2F)cc3C(C)(C)C)Oc2c(cc(-c3c(F)cc(F)cc3F)cc2C(C)(C)C)-c2cc(-c3c(F)cc(F)cc3F)cc(C(C)(C)C)c2O1. The molecule has 81 heavy (non-hydrogen) atoms. The van der Waals surface area contributed by atoms with Crippen molar-refractivity contribution in [3.05, 3.63) is 189 Å². The van der Waals surface area contributed by atoms with E-state index in [-0.39, 0.29) is 89.8 Å². The highest BCUT2D eigenvalue weighted by Gasteiger charge is 2.64. The van der Waals surface area contributed by atoms with Crippen molar-refractivity contribution in [3.8, 4) is 89.8 Å². The topological polar surface area (TPSA) is 36.9 Å². The Labute approximate surface area is 461 Å². The Morgan fingerprint density at radius 2 is 0.407 bits per heavy atom. The summed E-state index contributed by atoms with van der Waals surface area (Å²) in [6, 6.07) is 15.0. The van der Waals surface area contributed by atoms with Crippen LogP contribution in [-0.4, -0.2) is 9.05 Å². The zero-order chi connectivity index (χ0) is 59.1. The van der Waals surface area contributed by atoms with Gasteiger partial charge in [0.15, 0.2) is 0 Å². The van der Waals surface area contributed by atoms with Gasteiger partial charge in [-0.15, -0.1) is 0 Å². The minimum absolute atomic E-state index is 0.0191. The minimum atomic E-state index is -5.41. The molecule has 0 unspecified atom stereocenters. The molecule has 8 aromatic carbocycles. The molecule has 2 heterocycles. The van der Waals surface area contributed by atoms with Gasteiger partial charge < -0.3 is 17.7 Å². The van der Waals surface area contributed by atoms with Crippen molar-refractivity contribution >= 4 is 9.05 Å². The molecule has 0 saturated heterocycles. The van der Waals surface area contributed by atoms with Crippen molar-refractivity contribution in [3.63, 3.8) is 0 Å². The fraction of sp³-hybridized carbons (Fsp3) is 0.250. The second-order valence-electron chi connectivity index (χ2n) is 24.5. The average Bonchev–Trinajstić information content (AvgIpc) is 3.69. The lowest BCUT2D eigenvalue weighted by Gasteiger charge is -2.33. The largest absolute Gasteiger partial charge is 0.966 e. The molecule has 17 heteroatoms. The van der Waals surface area contributed by atoms with E-state index in [9.17, 15) is 17.6 Å². The molecule has 2 aliphatic rings. The molecular formula is C64H52F12O4Si. The van der Waals surface area contributed by atoms with Gasteiger partial charge in [0.25, 0.3) is 0 Å². The maximum atomic E-state index is 16.1. The third kappa shape index (κ3) is 10.1. The molecule has 0 fully saturated rings.